The SMILES string of the molecule is CC1(C)C2C(=O)N(CC(N)=S)C(=O)C21. The van der Waals surface area contributed by atoms with E-state index in [9.17, 15) is 9.59 Å². The van der Waals surface area contributed by atoms with Crippen molar-refractivity contribution in [1.82, 2.24) is 4.90 Å². The summed E-state index contributed by atoms with van der Waals surface area (Å²) in [5.74, 6) is -0.496. The van der Waals surface area contributed by atoms with Crippen molar-refractivity contribution in [3.63, 3.8) is 0 Å². The van der Waals surface area contributed by atoms with E-state index < -0.39 is 0 Å². The zero-order chi connectivity index (χ0) is 10.7. The Bertz CT molecular complexity index is 327. The quantitative estimate of drug-likeness (QED) is 0.513. The van der Waals surface area contributed by atoms with Crippen molar-refractivity contribution >= 4 is 29.0 Å². The third-order valence-electron chi connectivity index (χ3n) is 3.21. The number of carbonyl (C=O) groups is 2. The highest BCUT2D eigenvalue weighted by molar-refractivity contribution is 7.80. The van der Waals surface area contributed by atoms with Crippen LogP contribution in [0.3, 0.4) is 0 Å². The van der Waals surface area contributed by atoms with Gasteiger partial charge in [0.15, 0.2) is 0 Å². The molecule has 2 unspecified atom stereocenters. The van der Waals surface area contributed by atoms with E-state index in [1.807, 2.05) is 13.8 Å². The van der Waals surface area contributed by atoms with Gasteiger partial charge in [-0.3, -0.25) is 14.5 Å². The number of rotatable bonds is 2. The summed E-state index contributed by atoms with van der Waals surface area (Å²) in [5.41, 5.74) is 5.16. The van der Waals surface area contributed by atoms with Gasteiger partial charge < -0.3 is 5.73 Å². The van der Waals surface area contributed by atoms with Crippen LogP contribution in [-0.2, 0) is 9.59 Å². The van der Waals surface area contributed by atoms with Crippen LogP contribution in [0, 0.1) is 17.3 Å². The molecular formula is C9H12N2O2S. The first-order chi connectivity index (χ1) is 6.37. The Morgan fingerprint density at radius 3 is 2.21 bits per heavy atom. The molecule has 1 aliphatic heterocycles. The van der Waals surface area contributed by atoms with Gasteiger partial charge in [-0.1, -0.05) is 26.1 Å². The molecule has 0 bridgehead atoms. The van der Waals surface area contributed by atoms with E-state index in [4.69, 9.17) is 5.73 Å². The third kappa shape index (κ3) is 1.02. The van der Waals surface area contributed by atoms with Gasteiger partial charge in [-0.05, 0) is 5.41 Å². The van der Waals surface area contributed by atoms with Gasteiger partial charge in [0, 0.05) is 0 Å². The second-order valence-electron chi connectivity index (χ2n) is 4.51. The Morgan fingerprint density at radius 2 is 1.86 bits per heavy atom. The van der Waals surface area contributed by atoms with Crippen LogP contribution in [0.4, 0.5) is 0 Å². The number of nitrogens with zero attached hydrogens (tertiary/aromatic N) is 1. The van der Waals surface area contributed by atoms with Crippen molar-refractivity contribution in [3.05, 3.63) is 0 Å². The molecular weight excluding hydrogens is 200 g/mol. The molecule has 0 aromatic heterocycles. The molecule has 1 saturated carbocycles. The highest BCUT2D eigenvalue weighted by Gasteiger charge is 2.72. The molecule has 4 nitrogen and oxygen atoms in total. The normalized spacial score (nSPS) is 33.1. The standard InChI is InChI=1S/C9H12N2O2S/c1-9(2)5-6(9)8(13)11(7(5)12)3-4(10)14/h5-6H,3H2,1-2H3,(H2,10,14). The van der Waals surface area contributed by atoms with Crippen LogP contribution < -0.4 is 5.73 Å². The zero-order valence-corrected chi connectivity index (χ0v) is 8.93. The molecule has 0 radical (unpaired) electrons. The molecule has 1 heterocycles. The maximum absolute atomic E-state index is 11.7. The lowest BCUT2D eigenvalue weighted by atomic mass is 10.1. The van der Waals surface area contributed by atoms with Crippen molar-refractivity contribution in [3.8, 4) is 0 Å². The number of hydrogen-bond acceptors (Lipinski definition) is 3. The van der Waals surface area contributed by atoms with E-state index in [1.54, 1.807) is 0 Å². The number of piperidine rings is 1. The number of hydrogen-bond donors (Lipinski definition) is 1. The molecule has 0 aromatic rings. The molecule has 2 amide bonds. The zero-order valence-electron chi connectivity index (χ0n) is 8.11. The molecule has 76 valence electrons. The van der Waals surface area contributed by atoms with E-state index in [-0.39, 0.29) is 40.6 Å². The summed E-state index contributed by atoms with van der Waals surface area (Å²) in [5, 5.41) is 0. The lowest BCUT2D eigenvalue weighted by Crippen LogP contribution is -2.41. The Hall–Kier alpha value is -0.970. The summed E-state index contributed by atoms with van der Waals surface area (Å²) in [4.78, 5) is 24.8. The first-order valence-electron chi connectivity index (χ1n) is 4.51. The Labute approximate surface area is 87.4 Å². The highest BCUT2D eigenvalue weighted by atomic mass is 32.1. The van der Waals surface area contributed by atoms with Gasteiger partial charge in [-0.25, -0.2) is 0 Å². The van der Waals surface area contributed by atoms with E-state index >= 15 is 0 Å². The van der Waals surface area contributed by atoms with E-state index in [1.165, 1.54) is 4.90 Å². The molecule has 0 spiro atoms. The van der Waals surface area contributed by atoms with Gasteiger partial charge in [0.05, 0.1) is 23.4 Å². The van der Waals surface area contributed by atoms with E-state index in [2.05, 4.69) is 12.2 Å². The molecule has 2 rings (SSSR count). The van der Waals surface area contributed by atoms with Crippen LogP contribution in [0.15, 0.2) is 0 Å². The summed E-state index contributed by atoms with van der Waals surface area (Å²) in [6.07, 6.45) is 0. The second-order valence-corrected chi connectivity index (χ2v) is 5.03. The molecule has 5 heteroatoms. The second kappa shape index (κ2) is 2.53. The average molecular weight is 212 g/mol. The summed E-state index contributed by atoms with van der Waals surface area (Å²) >= 11 is 4.68. The molecule has 1 saturated heterocycles. The van der Waals surface area contributed by atoms with Crippen LogP contribution in [0.5, 0.6) is 0 Å². The molecule has 2 N–H and O–H groups in total. The fraction of sp³-hybridized carbons (Fsp3) is 0.667. The number of imide groups is 1. The molecule has 2 atom stereocenters. The topological polar surface area (TPSA) is 63.4 Å². The summed E-state index contributed by atoms with van der Waals surface area (Å²) in [7, 11) is 0. The van der Waals surface area contributed by atoms with Crippen molar-refractivity contribution in [2.75, 3.05) is 6.54 Å². The maximum atomic E-state index is 11.7. The summed E-state index contributed by atoms with van der Waals surface area (Å²) in [6.45, 7) is 3.97. The van der Waals surface area contributed by atoms with Gasteiger partial charge in [0.2, 0.25) is 11.8 Å². The molecule has 2 aliphatic rings. The molecule has 2 fully saturated rings. The minimum atomic E-state index is -0.152. The number of thiocarbonyl (C=S) groups is 1. The third-order valence-corrected chi connectivity index (χ3v) is 3.33. The Balaban J connectivity index is 2.18. The Morgan fingerprint density at radius 1 is 1.43 bits per heavy atom. The highest BCUT2D eigenvalue weighted by Crippen LogP contribution is 2.63. The van der Waals surface area contributed by atoms with Gasteiger partial charge >= 0.3 is 0 Å². The monoisotopic (exact) mass is 212 g/mol. The van der Waals surface area contributed by atoms with E-state index in [0.717, 1.165) is 0 Å². The smallest absolute Gasteiger partial charge is 0.234 e. The molecule has 1 aliphatic carbocycles. The predicted molar refractivity (Wildman–Crippen MR) is 54.3 cm³/mol. The summed E-state index contributed by atoms with van der Waals surface area (Å²) < 4.78 is 0. The number of amides is 2. The fourth-order valence-corrected chi connectivity index (χ4v) is 2.44. The van der Waals surface area contributed by atoms with Gasteiger partial charge in [-0.2, -0.15) is 0 Å². The van der Waals surface area contributed by atoms with E-state index in [0.29, 0.717) is 0 Å². The maximum Gasteiger partial charge on any atom is 0.234 e. The van der Waals surface area contributed by atoms with Crippen molar-refractivity contribution in [2.24, 2.45) is 23.0 Å². The minimum absolute atomic E-state index is 0.0933. The van der Waals surface area contributed by atoms with Crippen LogP contribution in [0.25, 0.3) is 0 Å². The van der Waals surface area contributed by atoms with Crippen LogP contribution in [-0.4, -0.2) is 28.2 Å². The summed E-state index contributed by atoms with van der Waals surface area (Å²) in [6, 6.07) is 0. The predicted octanol–water partition coefficient (Wildman–Crippen LogP) is -0.0865. The Kier molecular flexibility index (Phi) is 1.73. The van der Waals surface area contributed by atoms with Gasteiger partial charge in [0.1, 0.15) is 0 Å². The number of fused-ring (bicyclic) bond motifs is 1. The number of carbonyl (C=O) groups excluding carboxylic acids is 2. The molecule has 0 aromatic carbocycles. The van der Waals surface area contributed by atoms with Crippen LogP contribution in [0.1, 0.15) is 13.8 Å². The molecule has 14 heavy (non-hydrogen) atoms. The van der Waals surface area contributed by atoms with Crippen molar-refractivity contribution in [2.45, 2.75) is 13.8 Å². The fourth-order valence-electron chi connectivity index (χ4n) is 2.32. The number of nitrogens with two attached hydrogens (primary N) is 1. The van der Waals surface area contributed by atoms with Crippen LogP contribution >= 0.6 is 12.2 Å². The lowest BCUT2D eigenvalue weighted by Gasteiger charge is -2.19. The van der Waals surface area contributed by atoms with Gasteiger partial charge in [-0.15, -0.1) is 0 Å². The van der Waals surface area contributed by atoms with Gasteiger partial charge in [0.25, 0.3) is 0 Å². The largest absolute Gasteiger partial charge is 0.392 e. The van der Waals surface area contributed by atoms with Crippen molar-refractivity contribution < 1.29 is 9.59 Å². The average Bonchev–Trinajstić information content (AvgIpc) is 2.51. The lowest BCUT2D eigenvalue weighted by molar-refractivity contribution is -0.142. The van der Waals surface area contributed by atoms with Crippen LogP contribution in [0.2, 0.25) is 0 Å². The minimum Gasteiger partial charge on any atom is -0.392 e. The number of likely N-dealkylation sites (tertiary alicyclic amines) is 1. The van der Waals surface area contributed by atoms with Crippen molar-refractivity contribution in [1.29, 1.82) is 0 Å². The first kappa shape index (κ1) is 9.58. The first-order valence-corrected chi connectivity index (χ1v) is 4.91.